The highest BCUT2D eigenvalue weighted by Gasteiger charge is 2.25. The fourth-order valence-electron chi connectivity index (χ4n) is 2.60. The first-order chi connectivity index (χ1) is 9.24. The Morgan fingerprint density at radius 3 is 2.95 bits per heavy atom. The van der Waals surface area contributed by atoms with Crippen molar-refractivity contribution < 1.29 is 14.2 Å². The molecule has 1 atom stereocenters. The maximum atomic E-state index is 14.5. The maximum Gasteiger partial charge on any atom is 0.150 e. The van der Waals surface area contributed by atoms with Crippen molar-refractivity contribution in [2.75, 3.05) is 6.61 Å². The largest absolute Gasteiger partial charge is 0.507 e. The Hall–Kier alpha value is -2.07. The summed E-state index contributed by atoms with van der Waals surface area (Å²) in [6, 6.07) is 8.81. The van der Waals surface area contributed by atoms with Crippen molar-refractivity contribution >= 4 is 21.8 Å². The van der Waals surface area contributed by atoms with Gasteiger partial charge in [-0.1, -0.05) is 18.2 Å². The molecule has 0 aliphatic carbocycles. The predicted molar refractivity (Wildman–Crippen MR) is 70.9 cm³/mol. The van der Waals surface area contributed by atoms with Crippen LogP contribution in [0.15, 0.2) is 30.3 Å². The highest BCUT2D eigenvalue weighted by atomic mass is 19.1. The van der Waals surface area contributed by atoms with Crippen LogP contribution in [0.3, 0.4) is 0 Å². The van der Waals surface area contributed by atoms with Crippen LogP contribution in [0.25, 0.3) is 21.8 Å². The fourth-order valence-corrected chi connectivity index (χ4v) is 2.60. The lowest BCUT2D eigenvalue weighted by Gasteiger charge is -2.02. The van der Waals surface area contributed by atoms with Crippen LogP contribution in [0.2, 0.25) is 0 Å². The molecule has 1 saturated heterocycles. The number of fused-ring (bicyclic) bond motifs is 3. The lowest BCUT2D eigenvalue weighted by atomic mass is 10.1. The van der Waals surface area contributed by atoms with Crippen LogP contribution in [-0.2, 0) is 11.2 Å². The van der Waals surface area contributed by atoms with E-state index in [4.69, 9.17) is 4.74 Å². The van der Waals surface area contributed by atoms with E-state index in [0.717, 1.165) is 5.52 Å². The van der Waals surface area contributed by atoms with Gasteiger partial charge in [0.25, 0.3) is 0 Å². The summed E-state index contributed by atoms with van der Waals surface area (Å²) in [5.74, 6) is -0.0787. The molecule has 3 nitrogen and oxygen atoms in total. The number of aromatic nitrogens is 1. The minimum atomic E-state index is -0.247. The maximum absolute atomic E-state index is 14.5. The zero-order valence-corrected chi connectivity index (χ0v) is 10.1. The van der Waals surface area contributed by atoms with Crippen molar-refractivity contribution in [1.29, 1.82) is 0 Å². The number of H-pyrrole nitrogens is 1. The van der Waals surface area contributed by atoms with Crippen LogP contribution in [-0.4, -0.2) is 22.8 Å². The van der Waals surface area contributed by atoms with Gasteiger partial charge in [0.2, 0.25) is 0 Å². The Kier molecular flexibility index (Phi) is 2.11. The monoisotopic (exact) mass is 257 g/mol. The van der Waals surface area contributed by atoms with Gasteiger partial charge in [-0.25, -0.2) is 4.39 Å². The molecule has 3 aromatic rings. The van der Waals surface area contributed by atoms with Crippen molar-refractivity contribution in [2.24, 2.45) is 0 Å². The van der Waals surface area contributed by atoms with Gasteiger partial charge < -0.3 is 14.8 Å². The molecule has 0 radical (unpaired) electrons. The van der Waals surface area contributed by atoms with Gasteiger partial charge in [-0.05, 0) is 17.7 Å². The van der Waals surface area contributed by atoms with Gasteiger partial charge in [0.1, 0.15) is 5.75 Å². The van der Waals surface area contributed by atoms with E-state index in [-0.39, 0.29) is 17.7 Å². The molecule has 19 heavy (non-hydrogen) atoms. The Morgan fingerprint density at radius 2 is 2.16 bits per heavy atom. The van der Waals surface area contributed by atoms with E-state index < -0.39 is 0 Å². The second kappa shape index (κ2) is 3.71. The van der Waals surface area contributed by atoms with E-state index in [2.05, 4.69) is 4.98 Å². The molecular weight excluding hydrogens is 245 g/mol. The molecule has 1 unspecified atom stereocenters. The van der Waals surface area contributed by atoms with Crippen LogP contribution >= 0.6 is 0 Å². The van der Waals surface area contributed by atoms with Crippen LogP contribution in [0.1, 0.15) is 5.56 Å². The summed E-state index contributed by atoms with van der Waals surface area (Å²) >= 11 is 0. The van der Waals surface area contributed by atoms with E-state index in [0.29, 0.717) is 34.9 Å². The van der Waals surface area contributed by atoms with E-state index in [1.165, 1.54) is 0 Å². The van der Waals surface area contributed by atoms with E-state index in [9.17, 15) is 9.50 Å². The molecule has 2 heterocycles. The highest BCUT2D eigenvalue weighted by Crippen LogP contribution is 2.34. The number of aromatic amines is 1. The van der Waals surface area contributed by atoms with Gasteiger partial charge in [0, 0.05) is 17.2 Å². The van der Waals surface area contributed by atoms with Crippen LogP contribution < -0.4 is 0 Å². The third kappa shape index (κ3) is 1.60. The first-order valence-electron chi connectivity index (χ1n) is 6.26. The Morgan fingerprint density at radius 1 is 1.32 bits per heavy atom. The number of nitrogens with one attached hydrogen (secondary N) is 1. The number of benzene rings is 2. The summed E-state index contributed by atoms with van der Waals surface area (Å²) in [7, 11) is 0. The number of ether oxygens (including phenoxy) is 1. The van der Waals surface area contributed by atoms with Gasteiger partial charge >= 0.3 is 0 Å². The fraction of sp³-hybridized carbons (Fsp3) is 0.200. The molecule has 4 heteroatoms. The minimum Gasteiger partial charge on any atom is -0.507 e. The smallest absolute Gasteiger partial charge is 0.150 e. The van der Waals surface area contributed by atoms with E-state index in [1.807, 2.05) is 12.1 Å². The molecule has 1 aromatic heterocycles. The van der Waals surface area contributed by atoms with Crippen molar-refractivity contribution in [3.05, 3.63) is 41.7 Å². The van der Waals surface area contributed by atoms with Crippen molar-refractivity contribution in [1.82, 2.24) is 4.98 Å². The molecule has 1 fully saturated rings. The number of rotatable bonds is 2. The molecule has 2 aromatic carbocycles. The summed E-state index contributed by atoms with van der Waals surface area (Å²) in [6.07, 6.45) is 0.757. The molecule has 0 saturated carbocycles. The summed E-state index contributed by atoms with van der Waals surface area (Å²) in [5, 5.41) is 11.3. The first-order valence-corrected chi connectivity index (χ1v) is 6.26. The van der Waals surface area contributed by atoms with Crippen molar-refractivity contribution in [3.8, 4) is 5.75 Å². The van der Waals surface area contributed by atoms with Crippen LogP contribution in [0, 0.1) is 5.82 Å². The minimum absolute atomic E-state index is 0.157. The highest BCUT2D eigenvalue weighted by molar-refractivity contribution is 6.10. The number of epoxide rings is 1. The predicted octanol–water partition coefficient (Wildman–Crippen LogP) is 3.11. The molecule has 0 bridgehead atoms. The second-order valence-corrected chi connectivity index (χ2v) is 4.95. The summed E-state index contributed by atoms with van der Waals surface area (Å²) in [6.45, 7) is 0.713. The van der Waals surface area contributed by atoms with E-state index in [1.54, 1.807) is 18.2 Å². The molecular formula is C15H12FNO2. The topological polar surface area (TPSA) is 48.5 Å². The number of phenols is 1. The molecule has 4 rings (SSSR count). The third-order valence-corrected chi connectivity index (χ3v) is 3.64. The summed E-state index contributed by atoms with van der Waals surface area (Å²) in [5.41, 5.74) is 1.85. The standard InChI is InChI=1S/C15H12FNO2/c16-14-8(6-9-7-19-9)4-5-10-13-11(17-15(10)14)2-1-3-12(13)18/h1-5,9,17-18H,6-7H2. The lowest BCUT2D eigenvalue weighted by Crippen LogP contribution is -1.97. The summed E-state index contributed by atoms with van der Waals surface area (Å²) < 4.78 is 19.6. The van der Waals surface area contributed by atoms with Crippen molar-refractivity contribution in [2.45, 2.75) is 12.5 Å². The quantitative estimate of drug-likeness (QED) is 0.693. The number of phenolic OH excluding ortho intramolecular Hbond substituents is 1. The van der Waals surface area contributed by atoms with Crippen LogP contribution in [0.5, 0.6) is 5.75 Å². The van der Waals surface area contributed by atoms with Gasteiger partial charge in [-0.15, -0.1) is 0 Å². The molecule has 96 valence electrons. The average Bonchev–Trinajstić information content (AvgIpc) is 3.12. The summed E-state index contributed by atoms with van der Waals surface area (Å²) in [4.78, 5) is 3.05. The third-order valence-electron chi connectivity index (χ3n) is 3.64. The molecule has 2 N–H and O–H groups in total. The van der Waals surface area contributed by atoms with E-state index >= 15 is 0 Å². The van der Waals surface area contributed by atoms with Gasteiger partial charge in [-0.2, -0.15) is 0 Å². The zero-order chi connectivity index (χ0) is 13.0. The van der Waals surface area contributed by atoms with Gasteiger partial charge in [0.15, 0.2) is 5.82 Å². The van der Waals surface area contributed by atoms with Gasteiger partial charge in [-0.3, -0.25) is 0 Å². The Labute approximate surface area is 108 Å². The Bertz CT molecular complexity index is 790. The lowest BCUT2D eigenvalue weighted by molar-refractivity contribution is 0.405. The SMILES string of the molecule is Oc1cccc2[nH]c3c(F)c(CC4CO4)ccc3c12. The van der Waals surface area contributed by atoms with Gasteiger partial charge in [0.05, 0.1) is 23.7 Å². The first kappa shape index (κ1) is 10.8. The van der Waals surface area contributed by atoms with Crippen LogP contribution in [0.4, 0.5) is 4.39 Å². The number of halogens is 1. The number of aromatic hydroxyl groups is 1. The molecule has 0 spiro atoms. The second-order valence-electron chi connectivity index (χ2n) is 4.95. The number of hydrogen-bond acceptors (Lipinski definition) is 2. The Balaban J connectivity index is 2.00. The number of hydrogen-bond donors (Lipinski definition) is 2. The van der Waals surface area contributed by atoms with Crippen molar-refractivity contribution in [3.63, 3.8) is 0 Å². The molecule has 1 aliphatic heterocycles. The zero-order valence-electron chi connectivity index (χ0n) is 10.1. The molecule has 0 amide bonds. The normalized spacial score (nSPS) is 18.3. The average molecular weight is 257 g/mol. The molecule has 1 aliphatic rings.